The summed E-state index contributed by atoms with van der Waals surface area (Å²) in [6, 6.07) is -0.236. The van der Waals surface area contributed by atoms with Crippen LogP contribution in [0.1, 0.15) is 43.1 Å². The number of nitrogens with zero attached hydrogens (tertiary/aromatic N) is 2. The maximum atomic E-state index is 11.6. The molecule has 1 heterocycles. The smallest absolute Gasteiger partial charge is 0.291 e. The molecule has 1 amide bonds. The minimum atomic E-state index is -0.348. The molecule has 1 atom stereocenters. The molecule has 16 heavy (non-hydrogen) atoms. The van der Waals surface area contributed by atoms with E-state index >= 15 is 0 Å². The summed E-state index contributed by atoms with van der Waals surface area (Å²) in [5.41, 5.74) is 0. The van der Waals surface area contributed by atoms with E-state index in [1.807, 2.05) is 13.8 Å². The van der Waals surface area contributed by atoms with Gasteiger partial charge in [-0.3, -0.25) is 9.89 Å². The zero-order valence-corrected chi connectivity index (χ0v) is 9.66. The van der Waals surface area contributed by atoms with E-state index in [0.717, 1.165) is 12.8 Å². The molecule has 1 aromatic rings. The van der Waals surface area contributed by atoms with Gasteiger partial charge in [0.1, 0.15) is 5.82 Å². The van der Waals surface area contributed by atoms with Crippen molar-refractivity contribution in [1.29, 1.82) is 0 Å². The number of amides is 1. The zero-order chi connectivity index (χ0) is 12.0. The molecule has 1 rings (SSSR count). The fourth-order valence-corrected chi connectivity index (χ4v) is 1.27. The fourth-order valence-electron chi connectivity index (χ4n) is 1.27. The van der Waals surface area contributed by atoms with Crippen molar-refractivity contribution in [3.05, 3.63) is 11.6 Å². The number of carbonyl (C=O) groups is 1. The van der Waals surface area contributed by atoms with Crippen LogP contribution in [0.2, 0.25) is 0 Å². The van der Waals surface area contributed by atoms with Crippen molar-refractivity contribution >= 4 is 5.91 Å². The second-order valence-corrected chi connectivity index (χ2v) is 3.62. The van der Waals surface area contributed by atoms with Gasteiger partial charge in [0, 0.05) is 6.42 Å². The SMILES string of the molecule is CCCc1nc(C(=O)N[C@H](CC)CO)n[nH]1. The number of nitrogens with one attached hydrogen (secondary N) is 2. The first-order valence-electron chi connectivity index (χ1n) is 5.54. The minimum Gasteiger partial charge on any atom is -0.394 e. The predicted octanol–water partition coefficient (Wildman–Crippen LogP) is 0.258. The maximum absolute atomic E-state index is 11.6. The Bertz CT molecular complexity index is 333. The first-order chi connectivity index (χ1) is 7.71. The number of rotatable bonds is 6. The lowest BCUT2D eigenvalue weighted by Gasteiger charge is -2.11. The van der Waals surface area contributed by atoms with Crippen LogP contribution in [0.15, 0.2) is 0 Å². The van der Waals surface area contributed by atoms with E-state index in [4.69, 9.17) is 5.11 Å². The van der Waals surface area contributed by atoms with Gasteiger partial charge in [0.05, 0.1) is 12.6 Å². The molecule has 0 saturated heterocycles. The van der Waals surface area contributed by atoms with Crippen LogP contribution in [-0.4, -0.2) is 38.8 Å². The van der Waals surface area contributed by atoms with Gasteiger partial charge in [-0.2, -0.15) is 0 Å². The number of aromatic nitrogens is 3. The molecular formula is C10H18N4O2. The van der Waals surface area contributed by atoms with Crippen molar-refractivity contribution in [2.45, 2.75) is 39.2 Å². The first kappa shape index (κ1) is 12.6. The Labute approximate surface area is 94.5 Å². The van der Waals surface area contributed by atoms with Crippen LogP contribution >= 0.6 is 0 Å². The third kappa shape index (κ3) is 3.30. The largest absolute Gasteiger partial charge is 0.394 e. The molecule has 0 spiro atoms. The van der Waals surface area contributed by atoms with Gasteiger partial charge in [0.15, 0.2) is 0 Å². The summed E-state index contributed by atoms with van der Waals surface area (Å²) in [5.74, 6) is 0.500. The molecule has 0 saturated carbocycles. The third-order valence-electron chi connectivity index (χ3n) is 2.27. The highest BCUT2D eigenvalue weighted by Gasteiger charge is 2.15. The van der Waals surface area contributed by atoms with Crippen molar-refractivity contribution in [3.8, 4) is 0 Å². The van der Waals surface area contributed by atoms with Crippen LogP contribution in [0.3, 0.4) is 0 Å². The topological polar surface area (TPSA) is 90.9 Å². The van der Waals surface area contributed by atoms with Crippen molar-refractivity contribution in [2.24, 2.45) is 0 Å². The van der Waals surface area contributed by atoms with Crippen LogP contribution in [0.4, 0.5) is 0 Å². The van der Waals surface area contributed by atoms with Gasteiger partial charge in [-0.1, -0.05) is 13.8 Å². The summed E-state index contributed by atoms with van der Waals surface area (Å²) in [6.07, 6.45) is 2.40. The number of hydrogen-bond acceptors (Lipinski definition) is 4. The Morgan fingerprint density at radius 2 is 2.31 bits per heavy atom. The molecule has 0 bridgehead atoms. The molecule has 90 valence electrons. The van der Waals surface area contributed by atoms with Gasteiger partial charge in [-0.25, -0.2) is 4.98 Å². The monoisotopic (exact) mass is 226 g/mol. The highest BCUT2D eigenvalue weighted by atomic mass is 16.3. The molecule has 0 radical (unpaired) electrons. The van der Waals surface area contributed by atoms with E-state index in [0.29, 0.717) is 12.2 Å². The summed E-state index contributed by atoms with van der Waals surface area (Å²) in [4.78, 5) is 15.7. The maximum Gasteiger partial charge on any atom is 0.291 e. The molecule has 0 aliphatic rings. The van der Waals surface area contributed by atoms with Crippen LogP contribution in [-0.2, 0) is 6.42 Å². The second-order valence-electron chi connectivity index (χ2n) is 3.62. The number of carbonyl (C=O) groups excluding carboxylic acids is 1. The molecule has 1 aromatic heterocycles. The number of hydrogen-bond donors (Lipinski definition) is 3. The van der Waals surface area contributed by atoms with Crippen molar-refractivity contribution < 1.29 is 9.90 Å². The Balaban J connectivity index is 2.58. The highest BCUT2D eigenvalue weighted by Crippen LogP contribution is 1.98. The van der Waals surface area contributed by atoms with Gasteiger partial charge in [0.2, 0.25) is 5.82 Å². The number of H-pyrrole nitrogens is 1. The van der Waals surface area contributed by atoms with Gasteiger partial charge < -0.3 is 10.4 Å². The first-order valence-corrected chi connectivity index (χ1v) is 5.54. The quantitative estimate of drug-likeness (QED) is 0.648. The minimum absolute atomic E-state index is 0.0749. The fraction of sp³-hybridized carbons (Fsp3) is 0.700. The summed E-state index contributed by atoms with van der Waals surface area (Å²) < 4.78 is 0. The summed E-state index contributed by atoms with van der Waals surface area (Å²) in [6.45, 7) is 3.84. The van der Waals surface area contributed by atoms with Crippen LogP contribution in [0.25, 0.3) is 0 Å². The summed E-state index contributed by atoms with van der Waals surface area (Å²) in [5, 5.41) is 18.1. The summed E-state index contributed by atoms with van der Waals surface area (Å²) >= 11 is 0. The summed E-state index contributed by atoms with van der Waals surface area (Å²) in [7, 11) is 0. The third-order valence-corrected chi connectivity index (χ3v) is 2.27. The van der Waals surface area contributed by atoms with Gasteiger partial charge in [-0.15, -0.1) is 5.10 Å². The Kier molecular flexibility index (Phi) is 4.91. The van der Waals surface area contributed by atoms with E-state index in [-0.39, 0.29) is 24.4 Å². The molecule has 6 heteroatoms. The average molecular weight is 226 g/mol. The highest BCUT2D eigenvalue weighted by molar-refractivity contribution is 5.90. The van der Waals surface area contributed by atoms with Crippen molar-refractivity contribution in [1.82, 2.24) is 20.5 Å². The van der Waals surface area contributed by atoms with Crippen molar-refractivity contribution in [2.75, 3.05) is 6.61 Å². The number of aromatic amines is 1. The van der Waals surface area contributed by atoms with Gasteiger partial charge in [-0.05, 0) is 12.8 Å². The second kappa shape index (κ2) is 6.22. The van der Waals surface area contributed by atoms with Gasteiger partial charge in [0.25, 0.3) is 5.91 Å². The van der Waals surface area contributed by atoms with E-state index in [2.05, 4.69) is 20.5 Å². The molecule has 6 nitrogen and oxygen atoms in total. The van der Waals surface area contributed by atoms with E-state index in [9.17, 15) is 4.79 Å². The molecule has 0 aromatic carbocycles. The van der Waals surface area contributed by atoms with E-state index < -0.39 is 0 Å². The van der Waals surface area contributed by atoms with E-state index in [1.54, 1.807) is 0 Å². The molecular weight excluding hydrogens is 208 g/mol. The Hall–Kier alpha value is -1.43. The van der Waals surface area contributed by atoms with Crippen LogP contribution in [0, 0.1) is 0 Å². The standard InChI is InChI=1S/C10H18N4O2/c1-3-5-8-12-9(14-13-8)10(16)11-7(4-2)6-15/h7,15H,3-6H2,1-2H3,(H,11,16)(H,12,13,14)/t7-/m1/s1. The van der Waals surface area contributed by atoms with E-state index in [1.165, 1.54) is 0 Å². The molecule has 3 N–H and O–H groups in total. The van der Waals surface area contributed by atoms with Crippen LogP contribution in [0.5, 0.6) is 0 Å². The normalized spacial score (nSPS) is 12.4. The van der Waals surface area contributed by atoms with Gasteiger partial charge >= 0.3 is 0 Å². The van der Waals surface area contributed by atoms with Crippen LogP contribution < -0.4 is 5.32 Å². The Morgan fingerprint density at radius 3 is 2.88 bits per heavy atom. The number of aryl methyl sites for hydroxylation is 1. The number of aliphatic hydroxyl groups excluding tert-OH is 1. The lowest BCUT2D eigenvalue weighted by molar-refractivity contribution is 0.0904. The zero-order valence-electron chi connectivity index (χ0n) is 9.66. The lowest BCUT2D eigenvalue weighted by atomic mass is 10.2. The molecule has 0 aliphatic heterocycles. The molecule has 0 fully saturated rings. The number of aliphatic hydroxyl groups is 1. The molecule has 0 unspecified atom stereocenters. The lowest BCUT2D eigenvalue weighted by Crippen LogP contribution is -2.37. The average Bonchev–Trinajstić information content (AvgIpc) is 2.74. The van der Waals surface area contributed by atoms with Crippen molar-refractivity contribution in [3.63, 3.8) is 0 Å². The predicted molar refractivity (Wildman–Crippen MR) is 59.0 cm³/mol. The Morgan fingerprint density at radius 1 is 1.56 bits per heavy atom. The molecule has 0 aliphatic carbocycles.